The lowest BCUT2D eigenvalue weighted by Gasteiger charge is -2.47. The Morgan fingerprint density at radius 1 is 0.923 bits per heavy atom. The topological polar surface area (TPSA) is 0 Å². The molecule has 0 nitrogen and oxygen atoms in total. The average molecular weight is 186 g/mol. The summed E-state index contributed by atoms with van der Waals surface area (Å²) in [6.45, 7) is 10.9. The second-order valence-corrected chi connectivity index (χ2v) is 6.22. The smallest absolute Gasteiger partial charge is 0.108 e. The lowest BCUT2D eigenvalue weighted by Crippen LogP contribution is -2.40. The van der Waals surface area contributed by atoms with E-state index in [-0.39, 0.29) is 0 Å². The molecule has 0 aromatic rings. The highest BCUT2D eigenvalue weighted by Crippen LogP contribution is 2.51. The molecular formula is C12H23F. The predicted octanol–water partition coefficient (Wildman–Crippen LogP) is 4.34. The van der Waals surface area contributed by atoms with Crippen LogP contribution < -0.4 is 0 Å². The first kappa shape index (κ1) is 11.0. The monoisotopic (exact) mass is 186 g/mol. The van der Waals surface area contributed by atoms with Gasteiger partial charge in [0, 0.05) is 0 Å². The zero-order chi connectivity index (χ0) is 10.3. The van der Waals surface area contributed by atoms with Gasteiger partial charge in [0.2, 0.25) is 0 Å². The third-order valence-electron chi connectivity index (χ3n) is 4.21. The van der Waals surface area contributed by atoms with Gasteiger partial charge in [0.1, 0.15) is 5.67 Å². The Bertz CT molecular complexity index is 176. The van der Waals surface area contributed by atoms with Crippen LogP contribution in [-0.4, -0.2) is 5.67 Å². The highest BCUT2D eigenvalue weighted by Gasteiger charge is 2.43. The molecule has 0 amide bonds. The zero-order valence-electron chi connectivity index (χ0n) is 9.71. The minimum absolute atomic E-state index is 0.309. The van der Waals surface area contributed by atoms with Crippen molar-refractivity contribution in [3.05, 3.63) is 0 Å². The molecule has 0 aromatic heterocycles. The van der Waals surface area contributed by atoms with Crippen molar-refractivity contribution in [3.63, 3.8) is 0 Å². The zero-order valence-corrected chi connectivity index (χ0v) is 9.71. The van der Waals surface area contributed by atoms with Crippen molar-refractivity contribution in [2.75, 3.05) is 0 Å². The van der Waals surface area contributed by atoms with Crippen LogP contribution in [0.15, 0.2) is 0 Å². The van der Waals surface area contributed by atoms with Crippen molar-refractivity contribution in [1.82, 2.24) is 0 Å². The Balaban J connectivity index is 2.68. The summed E-state index contributed by atoms with van der Waals surface area (Å²) in [4.78, 5) is 0. The Labute approximate surface area is 81.9 Å². The Kier molecular flexibility index (Phi) is 2.51. The molecule has 0 radical (unpaired) electrons. The summed E-state index contributed by atoms with van der Waals surface area (Å²) in [5.41, 5.74) is -0.257. The molecule has 0 atom stereocenters. The summed E-state index contributed by atoms with van der Waals surface area (Å²) in [6.07, 6.45) is 3.54. The van der Waals surface area contributed by atoms with Gasteiger partial charge < -0.3 is 0 Å². The summed E-state index contributed by atoms with van der Waals surface area (Å²) in [5.74, 6) is 0. The number of hydrogen-bond donors (Lipinski definition) is 0. The van der Waals surface area contributed by atoms with Gasteiger partial charge in [0.15, 0.2) is 0 Å². The van der Waals surface area contributed by atoms with Crippen LogP contribution in [0.25, 0.3) is 0 Å². The quantitative estimate of drug-likeness (QED) is 0.528. The molecule has 13 heavy (non-hydrogen) atoms. The van der Waals surface area contributed by atoms with Gasteiger partial charge in [-0.3, -0.25) is 0 Å². The average Bonchev–Trinajstić information content (AvgIpc) is 1.94. The van der Waals surface area contributed by atoms with E-state index in [0.29, 0.717) is 10.8 Å². The molecule has 1 fully saturated rings. The van der Waals surface area contributed by atoms with Crippen LogP contribution in [0.4, 0.5) is 4.39 Å². The van der Waals surface area contributed by atoms with Gasteiger partial charge in [-0.1, -0.05) is 27.7 Å². The molecule has 1 aliphatic carbocycles. The fraction of sp³-hybridized carbons (Fsp3) is 1.00. The fourth-order valence-corrected chi connectivity index (χ4v) is 2.07. The fourth-order valence-electron chi connectivity index (χ4n) is 2.07. The first-order chi connectivity index (χ1) is 5.66. The summed E-state index contributed by atoms with van der Waals surface area (Å²) < 4.78 is 13.6. The maximum Gasteiger partial charge on any atom is 0.108 e. The van der Waals surface area contributed by atoms with Crippen LogP contribution in [0, 0.1) is 10.8 Å². The molecule has 1 saturated carbocycles. The maximum absolute atomic E-state index is 13.6. The minimum atomic E-state index is -0.898. The van der Waals surface area contributed by atoms with E-state index < -0.39 is 5.67 Å². The van der Waals surface area contributed by atoms with Gasteiger partial charge in [0.25, 0.3) is 0 Å². The van der Waals surface area contributed by atoms with E-state index in [9.17, 15) is 4.39 Å². The second-order valence-electron chi connectivity index (χ2n) is 6.22. The van der Waals surface area contributed by atoms with Crippen LogP contribution in [0.5, 0.6) is 0 Å². The normalized spacial score (nSPS) is 42.0. The molecule has 0 saturated heterocycles. The molecule has 78 valence electrons. The highest BCUT2D eigenvalue weighted by atomic mass is 19.1. The summed E-state index contributed by atoms with van der Waals surface area (Å²) in [7, 11) is 0. The van der Waals surface area contributed by atoms with Crippen LogP contribution in [0.1, 0.15) is 60.3 Å². The van der Waals surface area contributed by atoms with Gasteiger partial charge >= 0.3 is 0 Å². The summed E-state index contributed by atoms with van der Waals surface area (Å²) in [6, 6.07) is 0. The first-order valence-corrected chi connectivity index (χ1v) is 5.35. The molecule has 0 unspecified atom stereocenters. The van der Waals surface area contributed by atoms with Crippen LogP contribution in [0.2, 0.25) is 0 Å². The highest BCUT2D eigenvalue weighted by molar-refractivity contribution is 4.94. The Hall–Kier alpha value is -0.0700. The number of halogens is 1. The molecule has 0 aromatic carbocycles. The van der Waals surface area contributed by atoms with E-state index in [1.165, 1.54) is 0 Å². The van der Waals surface area contributed by atoms with Crippen LogP contribution in [-0.2, 0) is 0 Å². The largest absolute Gasteiger partial charge is 0.244 e. The number of hydrogen-bond acceptors (Lipinski definition) is 0. The van der Waals surface area contributed by atoms with E-state index in [0.717, 1.165) is 25.7 Å². The van der Waals surface area contributed by atoms with Crippen molar-refractivity contribution in [2.45, 2.75) is 66.0 Å². The van der Waals surface area contributed by atoms with Gasteiger partial charge in [-0.25, -0.2) is 4.39 Å². The van der Waals surface area contributed by atoms with Gasteiger partial charge in [0.05, 0.1) is 0 Å². The third kappa shape index (κ3) is 2.24. The Morgan fingerprint density at radius 2 is 1.31 bits per heavy atom. The molecule has 0 aliphatic heterocycles. The standard InChI is InChI=1S/C12H23F/c1-10(2,3)11(4)6-8-12(5,13)9-7-11/h6-9H2,1-5H3. The molecule has 0 N–H and O–H groups in total. The van der Waals surface area contributed by atoms with Crippen molar-refractivity contribution in [1.29, 1.82) is 0 Å². The third-order valence-corrected chi connectivity index (χ3v) is 4.21. The first-order valence-electron chi connectivity index (χ1n) is 5.35. The van der Waals surface area contributed by atoms with Gasteiger partial charge in [-0.15, -0.1) is 0 Å². The SMILES string of the molecule is CC1(F)CCC(C)(C(C)(C)C)CC1. The Morgan fingerprint density at radius 3 is 1.62 bits per heavy atom. The maximum atomic E-state index is 13.6. The molecule has 1 rings (SSSR count). The predicted molar refractivity (Wildman–Crippen MR) is 55.5 cm³/mol. The van der Waals surface area contributed by atoms with Crippen molar-refractivity contribution < 1.29 is 4.39 Å². The lowest BCUT2D eigenvalue weighted by atomic mass is 9.59. The summed E-state index contributed by atoms with van der Waals surface area (Å²) >= 11 is 0. The second kappa shape index (κ2) is 2.96. The number of rotatable bonds is 0. The molecule has 1 heteroatoms. The molecule has 1 aliphatic rings. The summed E-state index contributed by atoms with van der Waals surface area (Å²) in [5, 5.41) is 0. The number of alkyl halides is 1. The van der Waals surface area contributed by atoms with Gasteiger partial charge in [-0.2, -0.15) is 0 Å². The molecule has 0 spiro atoms. The minimum Gasteiger partial charge on any atom is -0.244 e. The van der Waals surface area contributed by atoms with Crippen molar-refractivity contribution in [3.8, 4) is 0 Å². The van der Waals surface area contributed by atoms with E-state index in [1.54, 1.807) is 6.92 Å². The van der Waals surface area contributed by atoms with E-state index in [1.807, 2.05) is 0 Å². The van der Waals surface area contributed by atoms with E-state index >= 15 is 0 Å². The van der Waals surface area contributed by atoms with E-state index in [2.05, 4.69) is 27.7 Å². The van der Waals surface area contributed by atoms with Gasteiger partial charge in [-0.05, 0) is 43.4 Å². The van der Waals surface area contributed by atoms with Crippen molar-refractivity contribution >= 4 is 0 Å². The molecule has 0 heterocycles. The molecular weight excluding hydrogens is 163 g/mol. The van der Waals surface area contributed by atoms with Crippen molar-refractivity contribution in [2.24, 2.45) is 10.8 Å². The molecule has 0 bridgehead atoms. The lowest BCUT2D eigenvalue weighted by molar-refractivity contribution is -0.00466. The van der Waals surface area contributed by atoms with Crippen LogP contribution in [0.3, 0.4) is 0 Å². The van der Waals surface area contributed by atoms with E-state index in [4.69, 9.17) is 0 Å². The van der Waals surface area contributed by atoms with Crippen LogP contribution >= 0.6 is 0 Å².